The van der Waals surface area contributed by atoms with Crippen molar-refractivity contribution in [1.29, 1.82) is 0 Å². The molecule has 2 aromatic rings. The van der Waals surface area contributed by atoms with E-state index in [0.29, 0.717) is 13.2 Å². The Morgan fingerprint density at radius 1 is 1.11 bits per heavy atom. The van der Waals surface area contributed by atoms with Crippen molar-refractivity contribution in [1.82, 2.24) is 4.57 Å². The molecule has 98 valence electrons. The lowest BCUT2D eigenvalue weighted by atomic mass is 10.1. The molecule has 0 N–H and O–H groups in total. The molecule has 0 bridgehead atoms. The van der Waals surface area contributed by atoms with E-state index in [-0.39, 0.29) is 0 Å². The Morgan fingerprint density at radius 2 is 2.00 bits per heavy atom. The predicted molar refractivity (Wildman–Crippen MR) is 74.0 cm³/mol. The minimum Gasteiger partial charge on any atom is -0.382 e. The zero-order chi connectivity index (χ0) is 12.8. The molecule has 0 atom stereocenters. The highest BCUT2D eigenvalue weighted by molar-refractivity contribution is 5.83. The van der Waals surface area contributed by atoms with Crippen LogP contribution in [0.4, 0.5) is 0 Å². The Bertz CT molecular complexity index is 490. The fourth-order valence-electron chi connectivity index (χ4n) is 2.15. The van der Waals surface area contributed by atoms with Gasteiger partial charge in [-0.05, 0) is 31.0 Å². The summed E-state index contributed by atoms with van der Waals surface area (Å²) in [5.41, 5.74) is 2.65. The standard InChI is InChI=1S/C15H21NO2/c1-13-5-3-6-15-14(13)7-9-16(15)8-4-10-18-12-11-17-2/h3,5-7,9H,4,8,10-12H2,1-2H3. The van der Waals surface area contributed by atoms with Gasteiger partial charge in [0.1, 0.15) is 0 Å². The zero-order valence-electron chi connectivity index (χ0n) is 11.2. The molecule has 18 heavy (non-hydrogen) atoms. The Hall–Kier alpha value is -1.32. The summed E-state index contributed by atoms with van der Waals surface area (Å²) in [6.45, 7) is 5.29. The van der Waals surface area contributed by atoms with Crippen LogP contribution in [0.25, 0.3) is 10.9 Å². The summed E-state index contributed by atoms with van der Waals surface area (Å²) in [7, 11) is 1.69. The minimum atomic E-state index is 0.672. The van der Waals surface area contributed by atoms with E-state index in [9.17, 15) is 0 Å². The molecule has 3 heteroatoms. The summed E-state index contributed by atoms with van der Waals surface area (Å²) in [6, 6.07) is 8.63. The average Bonchev–Trinajstić information content (AvgIpc) is 2.79. The van der Waals surface area contributed by atoms with Gasteiger partial charge in [0.25, 0.3) is 0 Å². The minimum absolute atomic E-state index is 0.672. The molecule has 1 heterocycles. The van der Waals surface area contributed by atoms with Gasteiger partial charge in [-0.3, -0.25) is 0 Å². The van der Waals surface area contributed by atoms with Crippen LogP contribution in [0.15, 0.2) is 30.5 Å². The maximum atomic E-state index is 5.47. The molecule has 0 aliphatic rings. The van der Waals surface area contributed by atoms with Crippen molar-refractivity contribution in [2.75, 3.05) is 26.9 Å². The lowest BCUT2D eigenvalue weighted by molar-refractivity contribution is 0.0681. The number of benzene rings is 1. The van der Waals surface area contributed by atoms with Gasteiger partial charge in [0.15, 0.2) is 0 Å². The van der Waals surface area contributed by atoms with Gasteiger partial charge in [-0.1, -0.05) is 12.1 Å². The summed E-state index contributed by atoms with van der Waals surface area (Å²) in [4.78, 5) is 0. The second-order valence-electron chi connectivity index (χ2n) is 4.48. The molecule has 0 saturated carbocycles. The topological polar surface area (TPSA) is 23.4 Å². The van der Waals surface area contributed by atoms with E-state index in [1.807, 2.05) is 0 Å². The summed E-state index contributed by atoms with van der Waals surface area (Å²) in [5.74, 6) is 0. The molecule has 0 amide bonds. The van der Waals surface area contributed by atoms with E-state index in [2.05, 4.69) is 42.0 Å². The van der Waals surface area contributed by atoms with E-state index in [1.165, 1.54) is 16.5 Å². The van der Waals surface area contributed by atoms with Gasteiger partial charge in [-0.25, -0.2) is 0 Å². The summed E-state index contributed by atoms with van der Waals surface area (Å²) in [5, 5.41) is 1.35. The molecule has 1 aromatic heterocycles. The molecule has 0 aliphatic heterocycles. The van der Waals surface area contributed by atoms with E-state index in [0.717, 1.165) is 19.6 Å². The first-order valence-electron chi connectivity index (χ1n) is 6.44. The van der Waals surface area contributed by atoms with Crippen molar-refractivity contribution < 1.29 is 9.47 Å². The fourth-order valence-corrected chi connectivity index (χ4v) is 2.15. The number of hydrogen-bond acceptors (Lipinski definition) is 2. The molecule has 0 spiro atoms. The van der Waals surface area contributed by atoms with Crippen LogP contribution in [0.5, 0.6) is 0 Å². The fraction of sp³-hybridized carbons (Fsp3) is 0.467. The highest BCUT2D eigenvalue weighted by Gasteiger charge is 2.02. The van der Waals surface area contributed by atoms with E-state index >= 15 is 0 Å². The van der Waals surface area contributed by atoms with Crippen LogP contribution in [-0.4, -0.2) is 31.5 Å². The smallest absolute Gasteiger partial charge is 0.0700 e. The highest BCUT2D eigenvalue weighted by atomic mass is 16.5. The Balaban J connectivity index is 1.86. The molecule has 0 unspecified atom stereocenters. The average molecular weight is 247 g/mol. The summed E-state index contributed by atoms with van der Waals surface area (Å²) in [6.07, 6.45) is 3.19. The van der Waals surface area contributed by atoms with Gasteiger partial charge in [-0.15, -0.1) is 0 Å². The van der Waals surface area contributed by atoms with Crippen molar-refractivity contribution >= 4 is 10.9 Å². The molecule has 0 fully saturated rings. The first kappa shape index (κ1) is 13.1. The van der Waals surface area contributed by atoms with Crippen LogP contribution >= 0.6 is 0 Å². The van der Waals surface area contributed by atoms with Crippen LogP contribution in [0.1, 0.15) is 12.0 Å². The first-order chi connectivity index (χ1) is 8.83. The van der Waals surface area contributed by atoms with E-state index in [1.54, 1.807) is 7.11 Å². The Morgan fingerprint density at radius 3 is 2.83 bits per heavy atom. The number of fused-ring (bicyclic) bond motifs is 1. The van der Waals surface area contributed by atoms with Gasteiger partial charge in [0, 0.05) is 37.4 Å². The molecule has 0 saturated heterocycles. The van der Waals surface area contributed by atoms with E-state index in [4.69, 9.17) is 9.47 Å². The normalized spacial score (nSPS) is 11.2. The summed E-state index contributed by atoms with van der Waals surface area (Å²) < 4.78 is 12.7. The maximum absolute atomic E-state index is 5.47. The quantitative estimate of drug-likeness (QED) is 0.702. The lowest BCUT2D eigenvalue weighted by Crippen LogP contribution is -2.05. The van der Waals surface area contributed by atoms with Crippen molar-refractivity contribution in [3.63, 3.8) is 0 Å². The summed E-state index contributed by atoms with van der Waals surface area (Å²) >= 11 is 0. The highest BCUT2D eigenvalue weighted by Crippen LogP contribution is 2.19. The van der Waals surface area contributed by atoms with Gasteiger partial charge in [-0.2, -0.15) is 0 Å². The lowest BCUT2D eigenvalue weighted by Gasteiger charge is -2.07. The van der Waals surface area contributed by atoms with Gasteiger partial charge in [0.05, 0.1) is 13.2 Å². The SMILES string of the molecule is COCCOCCCn1ccc2c(C)cccc21. The second kappa shape index (κ2) is 6.57. The predicted octanol–water partition coefficient (Wildman–Crippen LogP) is 3.00. The Kier molecular flexibility index (Phi) is 4.79. The number of hydrogen-bond donors (Lipinski definition) is 0. The van der Waals surface area contributed by atoms with Crippen molar-refractivity contribution in [2.24, 2.45) is 0 Å². The number of nitrogens with zero attached hydrogens (tertiary/aromatic N) is 1. The van der Waals surface area contributed by atoms with Gasteiger partial charge >= 0.3 is 0 Å². The van der Waals surface area contributed by atoms with Crippen molar-refractivity contribution in [3.8, 4) is 0 Å². The van der Waals surface area contributed by atoms with Crippen molar-refractivity contribution in [2.45, 2.75) is 19.9 Å². The third-order valence-corrected chi connectivity index (χ3v) is 3.15. The van der Waals surface area contributed by atoms with Gasteiger partial charge < -0.3 is 14.0 Å². The number of aromatic nitrogens is 1. The molecule has 0 aliphatic carbocycles. The monoisotopic (exact) mass is 247 g/mol. The van der Waals surface area contributed by atoms with Crippen LogP contribution in [0, 0.1) is 6.92 Å². The second-order valence-corrected chi connectivity index (χ2v) is 4.48. The van der Waals surface area contributed by atoms with Crippen LogP contribution in [-0.2, 0) is 16.0 Å². The molecule has 2 rings (SSSR count). The zero-order valence-corrected chi connectivity index (χ0v) is 11.2. The maximum Gasteiger partial charge on any atom is 0.0700 e. The largest absolute Gasteiger partial charge is 0.382 e. The molecule has 3 nitrogen and oxygen atoms in total. The third kappa shape index (κ3) is 3.12. The van der Waals surface area contributed by atoms with Gasteiger partial charge in [0.2, 0.25) is 0 Å². The number of ether oxygens (including phenoxy) is 2. The van der Waals surface area contributed by atoms with Crippen LogP contribution in [0.3, 0.4) is 0 Å². The molecule has 0 radical (unpaired) electrons. The number of methoxy groups -OCH3 is 1. The molecular formula is C15H21NO2. The van der Waals surface area contributed by atoms with Crippen LogP contribution in [0.2, 0.25) is 0 Å². The number of rotatable bonds is 7. The Labute approximate surface area is 108 Å². The third-order valence-electron chi connectivity index (χ3n) is 3.15. The van der Waals surface area contributed by atoms with Crippen LogP contribution < -0.4 is 0 Å². The first-order valence-corrected chi connectivity index (χ1v) is 6.44. The van der Waals surface area contributed by atoms with Crippen molar-refractivity contribution in [3.05, 3.63) is 36.0 Å². The molecular weight excluding hydrogens is 226 g/mol. The molecule has 1 aromatic carbocycles. The van der Waals surface area contributed by atoms with E-state index < -0.39 is 0 Å². The number of aryl methyl sites for hydroxylation is 2.